The number of rotatable bonds is 11. The number of nitrogens with zero attached hydrogens (tertiary/aromatic N) is 3. The second-order valence-corrected chi connectivity index (χ2v) is 8.77. The Labute approximate surface area is 218 Å². The number of nitriles is 1. The van der Waals surface area contributed by atoms with Gasteiger partial charge in [0.25, 0.3) is 5.91 Å². The number of methoxy groups -OCH3 is 1. The van der Waals surface area contributed by atoms with E-state index < -0.39 is 5.91 Å². The van der Waals surface area contributed by atoms with Gasteiger partial charge in [0.1, 0.15) is 35.6 Å². The summed E-state index contributed by atoms with van der Waals surface area (Å²) in [6, 6.07) is 26.4. The van der Waals surface area contributed by atoms with Gasteiger partial charge in [-0.2, -0.15) is 5.26 Å². The summed E-state index contributed by atoms with van der Waals surface area (Å²) < 4.78 is 16.8. The number of benzene rings is 3. The van der Waals surface area contributed by atoms with E-state index in [9.17, 15) is 10.1 Å². The average molecular weight is 513 g/mol. The third-order valence-corrected chi connectivity index (χ3v) is 5.94. The molecule has 0 saturated carbocycles. The van der Waals surface area contributed by atoms with E-state index >= 15 is 0 Å². The minimum atomic E-state index is -0.567. The molecule has 0 saturated heterocycles. The number of anilines is 1. The highest BCUT2D eigenvalue weighted by molar-refractivity contribution is 7.15. The fourth-order valence-corrected chi connectivity index (χ4v) is 4.12. The number of amides is 1. The van der Waals surface area contributed by atoms with Crippen LogP contribution in [0.3, 0.4) is 0 Å². The lowest BCUT2D eigenvalue weighted by atomic mass is 10.1. The Morgan fingerprint density at radius 3 is 2.43 bits per heavy atom. The maximum Gasteiger partial charge on any atom is 0.268 e. The Balaban J connectivity index is 1.36. The van der Waals surface area contributed by atoms with Crippen molar-refractivity contribution in [2.45, 2.75) is 6.42 Å². The first kappa shape index (κ1) is 25.4. The Bertz CT molecular complexity index is 1400. The molecule has 1 heterocycles. The van der Waals surface area contributed by atoms with Crippen molar-refractivity contribution in [3.63, 3.8) is 0 Å². The lowest BCUT2D eigenvalue weighted by molar-refractivity contribution is -0.112. The number of para-hydroxylation sites is 1. The van der Waals surface area contributed by atoms with Gasteiger partial charge in [-0.25, -0.2) is 0 Å². The van der Waals surface area contributed by atoms with Crippen LogP contribution in [0.4, 0.5) is 5.13 Å². The van der Waals surface area contributed by atoms with Gasteiger partial charge in [0.05, 0.1) is 7.11 Å². The number of carbonyl (C=O) groups is 1. The van der Waals surface area contributed by atoms with E-state index in [1.54, 1.807) is 18.2 Å². The van der Waals surface area contributed by atoms with Crippen LogP contribution >= 0.6 is 11.3 Å². The molecular formula is C28H24N4O4S. The van der Waals surface area contributed by atoms with Crippen molar-refractivity contribution in [1.82, 2.24) is 10.2 Å². The highest BCUT2D eigenvalue weighted by atomic mass is 32.1. The molecule has 8 nitrogen and oxygen atoms in total. The zero-order chi connectivity index (χ0) is 25.9. The molecule has 0 atom stereocenters. The molecule has 0 bridgehead atoms. The average Bonchev–Trinajstić information content (AvgIpc) is 3.37. The van der Waals surface area contributed by atoms with Crippen molar-refractivity contribution >= 4 is 28.5 Å². The molecule has 0 fully saturated rings. The Kier molecular flexibility index (Phi) is 8.83. The smallest absolute Gasteiger partial charge is 0.268 e. The summed E-state index contributed by atoms with van der Waals surface area (Å²) in [6.07, 6.45) is 2.09. The van der Waals surface area contributed by atoms with Crippen LogP contribution in [0.25, 0.3) is 6.08 Å². The first-order valence-electron chi connectivity index (χ1n) is 11.4. The molecular weight excluding hydrogens is 488 g/mol. The van der Waals surface area contributed by atoms with Gasteiger partial charge in [0.2, 0.25) is 5.13 Å². The van der Waals surface area contributed by atoms with E-state index in [0.29, 0.717) is 41.8 Å². The minimum Gasteiger partial charge on any atom is -0.493 e. The molecule has 0 aliphatic rings. The molecule has 1 amide bonds. The zero-order valence-corrected chi connectivity index (χ0v) is 20.9. The third-order valence-electron chi connectivity index (χ3n) is 5.10. The van der Waals surface area contributed by atoms with E-state index in [1.165, 1.54) is 24.5 Å². The molecule has 1 aromatic heterocycles. The van der Waals surface area contributed by atoms with Gasteiger partial charge in [-0.1, -0.05) is 65.9 Å². The van der Waals surface area contributed by atoms with Gasteiger partial charge in [0.15, 0.2) is 11.5 Å². The van der Waals surface area contributed by atoms with Crippen molar-refractivity contribution in [2.24, 2.45) is 0 Å². The maximum atomic E-state index is 12.7. The first-order chi connectivity index (χ1) is 18.1. The van der Waals surface area contributed by atoms with Gasteiger partial charge in [0, 0.05) is 6.42 Å². The van der Waals surface area contributed by atoms with Gasteiger partial charge in [-0.15, -0.1) is 10.2 Å². The molecule has 186 valence electrons. The summed E-state index contributed by atoms with van der Waals surface area (Å²) in [4.78, 5) is 12.7. The van der Waals surface area contributed by atoms with Gasteiger partial charge >= 0.3 is 0 Å². The van der Waals surface area contributed by atoms with Crippen LogP contribution in [0.2, 0.25) is 0 Å². The molecule has 0 unspecified atom stereocenters. The molecule has 4 rings (SSSR count). The molecule has 0 aliphatic carbocycles. The number of hydrogen-bond acceptors (Lipinski definition) is 8. The molecule has 37 heavy (non-hydrogen) atoms. The molecule has 1 N–H and O–H groups in total. The lowest BCUT2D eigenvalue weighted by Crippen LogP contribution is -2.13. The van der Waals surface area contributed by atoms with Crippen LogP contribution in [-0.4, -0.2) is 36.4 Å². The molecule has 0 radical (unpaired) electrons. The number of hydrogen-bond donors (Lipinski definition) is 1. The standard InChI is InChI=1S/C28H24N4O4S/c1-34-25-17-21(12-13-24(25)36-15-14-35-23-10-6-3-7-11-23)16-22(19-29)27(33)30-28-32-31-26(37-28)18-20-8-4-2-5-9-20/h2-13,16-17H,14-15,18H2,1H3,(H,30,32,33)/b22-16-. The summed E-state index contributed by atoms with van der Waals surface area (Å²) in [6.45, 7) is 0.687. The molecule has 0 aliphatic heterocycles. The largest absolute Gasteiger partial charge is 0.493 e. The van der Waals surface area contributed by atoms with Crippen LogP contribution in [-0.2, 0) is 11.2 Å². The number of carbonyl (C=O) groups excluding carboxylic acids is 1. The molecule has 4 aromatic rings. The SMILES string of the molecule is COc1cc(/C=C(/C#N)C(=O)Nc2nnc(Cc3ccccc3)s2)ccc1OCCOc1ccccc1. The van der Waals surface area contributed by atoms with E-state index in [1.807, 2.05) is 66.7 Å². The van der Waals surface area contributed by atoms with Crippen molar-refractivity contribution in [1.29, 1.82) is 5.26 Å². The summed E-state index contributed by atoms with van der Waals surface area (Å²) in [5.41, 5.74) is 1.63. The van der Waals surface area contributed by atoms with E-state index in [-0.39, 0.29) is 5.57 Å². The molecule has 9 heteroatoms. The van der Waals surface area contributed by atoms with Crippen LogP contribution in [0.5, 0.6) is 17.2 Å². The predicted molar refractivity (Wildman–Crippen MR) is 142 cm³/mol. The second-order valence-electron chi connectivity index (χ2n) is 7.71. The summed E-state index contributed by atoms with van der Waals surface area (Å²) in [7, 11) is 1.52. The number of ether oxygens (including phenoxy) is 3. The fourth-order valence-electron chi connectivity index (χ4n) is 3.35. The van der Waals surface area contributed by atoms with Gasteiger partial charge < -0.3 is 14.2 Å². The van der Waals surface area contributed by atoms with Crippen molar-refractivity contribution in [2.75, 3.05) is 25.6 Å². The summed E-state index contributed by atoms with van der Waals surface area (Å²) in [5, 5.41) is 21.5. The van der Waals surface area contributed by atoms with Crippen molar-refractivity contribution in [3.05, 3.63) is 101 Å². The van der Waals surface area contributed by atoms with Gasteiger partial charge in [-0.3, -0.25) is 10.1 Å². The van der Waals surface area contributed by atoms with Crippen molar-refractivity contribution < 1.29 is 19.0 Å². The highest BCUT2D eigenvalue weighted by Crippen LogP contribution is 2.29. The van der Waals surface area contributed by atoms with Crippen molar-refractivity contribution in [3.8, 4) is 23.3 Å². The summed E-state index contributed by atoms with van der Waals surface area (Å²) in [5.74, 6) is 1.20. The summed E-state index contributed by atoms with van der Waals surface area (Å²) >= 11 is 1.27. The first-order valence-corrected chi connectivity index (χ1v) is 12.2. The Morgan fingerprint density at radius 1 is 0.973 bits per heavy atom. The van der Waals surface area contributed by atoms with Crippen LogP contribution < -0.4 is 19.5 Å². The van der Waals surface area contributed by atoms with Crippen LogP contribution in [0.15, 0.2) is 84.4 Å². The highest BCUT2D eigenvalue weighted by Gasteiger charge is 2.14. The third kappa shape index (κ3) is 7.40. The maximum absolute atomic E-state index is 12.7. The van der Waals surface area contributed by atoms with Gasteiger partial charge in [-0.05, 0) is 41.5 Å². The zero-order valence-electron chi connectivity index (χ0n) is 20.1. The van der Waals surface area contributed by atoms with Crippen LogP contribution in [0, 0.1) is 11.3 Å². The van der Waals surface area contributed by atoms with E-state index in [0.717, 1.165) is 16.3 Å². The number of aromatic nitrogens is 2. The topological polar surface area (TPSA) is 106 Å². The minimum absolute atomic E-state index is 0.0770. The number of nitrogens with one attached hydrogen (secondary N) is 1. The van der Waals surface area contributed by atoms with E-state index in [4.69, 9.17) is 14.2 Å². The lowest BCUT2D eigenvalue weighted by Gasteiger charge is -2.12. The molecule has 3 aromatic carbocycles. The monoisotopic (exact) mass is 512 g/mol. The second kappa shape index (κ2) is 12.9. The normalized spacial score (nSPS) is 10.9. The fraction of sp³-hybridized carbons (Fsp3) is 0.143. The molecule has 0 spiro atoms. The Hall–Kier alpha value is -4.68. The van der Waals surface area contributed by atoms with E-state index in [2.05, 4.69) is 15.5 Å². The quantitative estimate of drug-likeness (QED) is 0.168. The Morgan fingerprint density at radius 2 is 1.70 bits per heavy atom. The van der Waals surface area contributed by atoms with Crippen LogP contribution in [0.1, 0.15) is 16.1 Å². The predicted octanol–water partition coefficient (Wildman–Crippen LogP) is 5.14.